The molecule has 0 saturated carbocycles. The zero-order chi connectivity index (χ0) is 21.5. The van der Waals surface area contributed by atoms with Crippen LogP contribution in [-0.4, -0.2) is 32.2 Å². The van der Waals surface area contributed by atoms with E-state index in [1.54, 1.807) is 24.3 Å². The van der Waals surface area contributed by atoms with Gasteiger partial charge in [-0.05, 0) is 56.3 Å². The fourth-order valence-electron chi connectivity index (χ4n) is 2.77. The zero-order valence-electron chi connectivity index (χ0n) is 16.7. The van der Waals surface area contributed by atoms with Crippen molar-refractivity contribution >= 4 is 46.4 Å². The van der Waals surface area contributed by atoms with E-state index in [0.717, 1.165) is 11.5 Å². The molecule has 0 aliphatic heterocycles. The minimum Gasteiger partial charge on any atom is -0.378 e. The van der Waals surface area contributed by atoms with Gasteiger partial charge in [0.25, 0.3) is 0 Å². The number of aromatic nitrogens is 3. The number of Topliss-reactive ketones (excluding diaryl/α,β-unsaturated/α-hetero) is 1. The summed E-state index contributed by atoms with van der Waals surface area (Å²) in [6.07, 6.45) is 0. The second-order valence-electron chi connectivity index (χ2n) is 6.48. The van der Waals surface area contributed by atoms with E-state index in [2.05, 4.69) is 20.8 Å². The van der Waals surface area contributed by atoms with Crippen LogP contribution in [0.25, 0.3) is 0 Å². The van der Waals surface area contributed by atoms with Crippen molar-refractivity contribution in [2.75, 3.05) is 16.4 Å². The van der Waals surface area contributed by atoms with E-state index < -0.39 is 0 Å². The number of hydrogen-bond donors (Lipinski definition) is 2. The lowest BCUT2D eigenvalue weighted by Crippen LogP contribution is -2.15. The maximum absolute atomic E-state index is 12.3. The van der Waals surface area contributed by atoms with Crippen LogP contribution in [0.1, 0.15) is 30.0 Å². The lowest BCUT2D eigenvalue weighted by molar-refractivity contribution is -0.113. The van der Waals surface area contributed by atoms with Gasteiger partial charge in [-0.2, -0.15) is 0 Å². The Morgan fingerprint density at radius 1 is 1.10 bits per heavy atom. The Hall–Kier alpha value is -2.84. The highest BCUT2D eigenvalue weighted by molar-refractivity contribution is 7.99. The Labute approximate surface area is 184 Å². The number of carbonyl (C=O) groups is 2. The van der Waals surface area contributed by atoms with Gasteiger partial charge in [0.15, 0.2) is 16.8 Å². The average Bonchev–Trinajstić information content (AvgIpc) is 3.13. The summed E-state index contributed by atoms with van der Waals surface area (Å²) < 4.78 is 1.97. The molecule has 0 aliphatic carbocycles. The van der Waals surface area contributed by atoms with Crippen molar-refractivity contribution in [3.8, 4) is 0 Å². The number of carbonyl (C=O) groups excluding carboxylic acids is 2. The second-order valence-corrected chi connectivity index (χ2v) is 7.86. The highest BCUT2D eigenvalue weighted by atomic mass is 35.5. The first-order valence-corrected chi connectivity index (χ1v) is 10.8. The van der Waals surface area contributed by atoms with Gasteiger partial charge in [-0.3, -0.25) is 9.59 Å². The zero-order valence-corrected chi connectivity index (χ0v) is 18.3. The van der Waals surface area contributed by atoms with Gasteiger partial charge in [0.05, 0.1) is 12.3 Å². The van der Waals surface area contributed by atoms with E-state index in [0.29, 0.717) is 34.5 Å². The lowest BCUT2D eigenvalue weighted by atomic mass is 10.1. The molecule has 0 fully saturated rings. The number of thioether (sulfide) groups is 1. The van der Waals surface area contributed by atoms with E-state index in [4.69, 9.17) is 11.6 Å². The van der Waals surface area contributed by atoms with Gasteiger partial charge >= 0.3 is 0 Å². The fourth-order valence-corrected chi connectivity index (χ4v) is 3.78. The van der Waals surface area contributed by atoms with Crippen molar-refractivity contribution in [3.05, 3.63) is 64.9 Å². The van der Waals surface area contributed by atoms with Crippen LogP contribution in [0, 0.1) is 0 Å². The van der Waals surface area contributed by atoms with Crippen LogP contribution < -0.4 is 10.6 Å². The molecule has 0 atom stereocenters. The number of rotatable bonds is 9. The van der Waals surface area contributed by atoms with Gasteiger partial charge in [-0.1, -0.05) is 29.4 Å². The largest absolute Gasteiger partial charge is 0.378 e. The van der Waals surface area contributed by atoms with Crippen molar-refractivity contribution in [2.45, 2.75) is 32.1 Å². The van der Waals surface area contributed by atoms with Crippen molar-refractivity contribution in [2.24, 2.45) is 0 Å². The van der Waals surface area contributed by atoms with Crippen LogP contribution in [0.15, 0.2) is 53.7 Å². The molecule has 9 heteroatoms. The van der Waals surface area contributed by atoms with Crippen LogP contribution in [0.5, 0.6) is 0 Å². The Morgan fingerprint density at radius 3 is 2.53 bits per heavy atom. The number of halogens is 1. The average molecular weight is 444 g/mol. The molecule has 2 aromatic carbocycles. The van der Waals surface area contributed by atoms with E-state index in [1.807, 2.05) is 35.8 Å². The molecule has 0 radical (unpaired) electrons. The van der Waals surface area contributed by atoms with Gasteiger partial charge in [0.2, 0.25) is 5.91 Å². The van der Waals surface area contributed by atoms with Crippen molar-refractivity contribution in [1.82, 2.24) is 14.8 Å². The fraction of sp³-hybridized carbons (Fsp3) is 0.238. The number of anilines is 2. The number of ketones is 1. The number of amides is 1. The first-order chi connectivity index (χ1) is 14.5. The first kappa shape index (κ1) is 21.9. The summed E-state index contributed by atoms with van der Waals surface area (Å²) in [5.74, 6) is 0.817. The monoisotopic (exact) mass is 443 g/mol. The molecule has 7 nitrogen and oxygen atoms in total. The van der Waals surface area contributed by atoms with Gasteiger partial charge in [-0.25, -0.2) is 0 Å². The predicted molar refractivity (Wildman–Crippen MR) is 120 cm³/mol. The van der Waals surface area contributed by atoms with E-state index in [-0.39, 0.29) is 17.4 Å². The molecule has 1 aromatic heterocycles. The van der Waals surface area contributed by atoms with E-state index in [9.17, 15) is 9.59 Å². The highest BCUT2D eigenvalue weighted by Gasteiger charge is 2.13. The molecule has 0 bridgehead atoms. The molecular weight excluding hydrogens is 422 g/mol. The number of nitrogens with one attached hydrogen (secondary N) is 2. The normalized spacial score (nSPS) is 10.6. The molecule has 3 rings (SSSR count). The van der Waals surface area contributed by atoms with E-state index in [1.165, 1.54) is 18.7 Å². The number of hydrogen-bond acceptors (Lipinski definition) is 6. The van der Waals surface area contributed by atoms with Crippen LogP contribution >= 0.6 is 23.4 Å². The number of benzene rings is 2. The third-order valence-corrected chi connectivity index (χ3v) is 5.49. The standard InChI is InChI=1S/C21H22ClN5O2S/c1-3-27-19(12-23-18-6-4-5-16(22)11-18)25-26-21(27)30-13-20(29)24-17-9-7-15(8-10-17)14(2)28/h4-11,23H,3,12-13H2,1-2H3,(H,24,29). The topological polar surface area (TPSA) is 88.9 Å². The summed E-state index contributed by atoms with van der Waals surface area (Å²) in [5, 5.41) is 15.9. The summed E-state index contributed by atoms with van der Waals surface area (Å²) in [6.45, 7) is 4.70. The van der Waals surface area contributed by atoms with Crippen LogP contribution in [0.4, 0.5) is 11.4 Å². The third-order valence-electron chi connectivity index (χ3n) is 4.29. The predicted octanol–water partition coefficient (Wildman–Crippen LogP) is 4.50. The molecular formula is C21H22ClN5O2S. The van der Waals surface area contributed by atoms with Crippen molar-refractivity contribution < 1.29 is 9.59 Å². The molecule has 2 N–H and O–H groups in total. The Kier molecular flexibility index (Phi) is 7.48. The third kappa shape index (κ3) is 5.84. The Morgan fingerprint density at radius 2 is 1.87 bits per heavy atom. The SMILES string of the molecule is CCn1c(CNc2cccc(Cl)c2)nnc1SCC(=O)Nc1ccc(C(C)=O)cc1. The smallest absolute Gasteiger partial charge is 0.234 e. The van der Waals surface area contributed by atoms with E-state index >= 15 is 0 Å². The summed E-state index contributed by atoms with van der Waals surface area (Å²) in [7, 11) is 0. The van der Waals surface area contributed by atoms with Gasteiger partial charge in [0.1, 0.15) is 0 Å². The van der Waals surface area contributed by atoms with Crippen molar-refractivity contribution in [1.29, 1.82) is 0 Å². The quantitative estimate of drug-likeness (QED) is 0.374. The minimum atomic E-state index is -0.153. The maximum atomic E-state index is 12.3. The molecule has 156 valence electrons. The molecule has 0 unspecified atom stereocenters. The highest BCUT2D eigenvalue weighted by Crippen LogP contribution is 2.20. The summed E-state index contributed by atoms with van der Waals surface area (Å²) in [6, 6.07) is 14.3. The lowest BCUT2D eigenvalue weighted by Gasteiger charge is -2.09. The van der Waals surface area contributed by atoms with Gasteiger partial charge in [-0.15, -0.1) is 10.2 Å². The molecule has 1 amide bonds. The van der Waals surface area contributed by atoms with Gasteiger partial charge < -0.3 is 15.2 Å². The van der Waals surface area contributed by atoms with Crippen LogP contribution in [-0.2, 0) is 17.9 Å². The first-order valence-electron chi connectivity index (χ1n) is 9.41. The summed E-state index contributed by atoms with van der Waals surface area (Å²) in [5.41, 5.74) is 2.16. The molecule has 0 spiro atoms. The second kappa shape index (κ2) is 10.3. The molecule has 1 heterocycles. The summed E-state index contributed by atoms with van der Waals surface area (Å²) in [4.78, 5) is 23.6. The minimum absolute atomic E-state index is 0.0111. The Bertz CT molecular complexity index is 1040. The number of nitrogens with zero attached hydrogens (tertiary/aromatic N) is 3. The molecule has 3 aromatic rings. The molecule has 30 heavy (non-hydrogen) atoms. The van der Waals surface area contributed by atoms with Crippen molar-refractivity contribution in [3.63, 3.8) is 0 Å². The van der Waals surface area contributed by atoms with Crippen LogP contribution in [0.2, 0.25) is 5.02 Å². The maximum Gasteiger partial charge on any atom is 0.234 e. The Balaban J connectivity index is 1.56. The molecule has 0 saturated heterocycles. The van der Waals surface area contributed by atoms with Crippen LogP contribution in [0.3, 0.4) is 0 Å². The summed E-state index contributed by atoms with van der Waals surface area (Å²) >= 11 is 7.34. The molecule has 0 aliphatic rings. The van der Waals surface area contributed by atoms with Gasteiger partial charge in [0, 0.05) is 28.5 Å².